The number of aromatic nitrogens is 1. The molecule has 1 unspecified atom stereocenters. The molecule has 0 bridgehead atoms. The van der Waals surface area contributed by atoms with Crippen LogP contribution in [-0.4, -0.2) is 16.0 Å². The summed E-state index contributed by atoms with van der Waals surface area (Å²) in [6.07, 6.45) is 3.25. The van der Waals surface area contributed by atoms with Crippen molar-refractivity contribution in [3.63, 3.8) is 0 Å². The first-order valence-electron chi connectivity index (χ1n) is 6.65. The number of hydroxylamine groups is 1. The number of carbonyl (C=O) groups is 1. The molecule has 110 valence electrons. The molecular weight excluding hydrogens is 268 g/mol. The van der Waals surface area contributed by atoms with Crippen LogP contribution >= 0.6 is 0 Å². The molecule has 1 amide bonds. The Hall–Kier alpha value is -2.24. The van der Waals surface area contributed by atoms with Crippen molar-refractivity contribution in [3.8, 4) is 0 Å². The molecule has 2 rings (SSSR count). The van der Waals surface area contributed by atoms with Gasteiger partial charge in [0.25, 0.3) is 0 Å². The molecule has 0 aliphatic rings. The van der Waals surface area contributed by atoms with Crippen LogP contribution in [0.2, 0.25) is 0 Å². The first-order valence-corrected chi connectivity index (χ1v) is 6.65. The van der Waals surface area contributed by atoms with E-state index in [-0.39, 0.29) is 18.9 Å². The predicted octanol–water partition coefficient (Wildman–Crippen LogP) is 1.93. The third-order valence-corrected chi connectivity index (χ3v) is 3.05. The number of hydrogen-bond donors (Lipinski definition) is 2. The largest absolute Gasteiger partial charge is 0.385 e. The van der Waals surface area contributed by atoms with Gasteiger partial charge in [-0.15, -0.1) is 0 Å². The van der Waals surface area contributed by atoms with Gasteiger partial charge in [0.1, 0.15) is 6.61 Å². The maximum absolute atomic E-state index is 11.8. The predicted molar refractivity (Wildman–Crippen MR) is 77.8 cm³/mol. The van der Waals surface area contributed by atoms with E-state index in [2.05, 4.69) is 10.5 Å². The summed E-state index contributed by atoms with van der Waals surface area (Å²) >= 11 is 0. The van der Waals surface area contributed by atoms with Gasteiger partial charge in [0.05, 0.1) is 12.0 Å². The number of pyridine rings is 1. The van der Waals surface area contributed by atoms with Crippen LogP contribution in [0.3, 0.4) is 0 Å². The van der Waals surface area contributed by atoms with E-state index in [4.69, 9.17) is 4.84 Å². The molecule has 0 spiro atoms. The van der Waals surface area contributed by atoms with Crippen molar-refractivity contribution in [1.29, 1.82) is 0 Å². The van der Waals surface area contributed by atoms with E-state index < -0.39 is 5.60 Å². The Bertz CT molecular complexity index is 571. The minimum Gasteiger partial charge on any atom is -0.385 e. The molecule has 0 fully saturated rings. The highest BCUT2D eigenvalue weighted by molar-refractivity contribution is 5.76. The number of amides is 1. The zero-order chi connectivity index (χ0) is 15.1. The van der Waals surface area contributed by atoms with Crippen LogP contribution in [0.5, 0.6) is 0 Å². The van der Waals surface area contributed by atoms with Crippen LogP contribution in [0.1, 0.15) is 24.5 Å². The summed E-state index contributed by atoms with van der Waals surface area (Å²) in [5.74, 6) is -0.382. The highest BCUT2D eigenvalue weighted by Gasteiger charge is 2.26. The molecule has 2 aromatic rings. The Morgan fingerprint density at radius 3 is 2.71 bits per heavy atom. The quantitative estimate of drug-likeness (QED) is 0.796. The molecule has 0 saturated heterocycles. The van der Waals surface area contributed by atoms with E-state index in [9.17, 15) is 9.90 Å². The topological polar surface area (TPSA) is 71.5 Å². The van der Waals surface area contributed by atoms with E-state index in [1.807, 2.05) is 24.3 Å². The second-order valence-electron chi connectivity index (χ2n) is 4.99. The van der Waals surface area contributed by atoms with E-state index in [1.54, 1.807) is 37.5 Å². The lowest BCUT2D eigenvalue weighted by molar-refractivity contribution is -0.139. The standard InChI is InChI=1S/C16H18N2O3/c1-16(20,14-7-3-2-4-8-14)10-15(19)18-21-12-13-6-5-9-17-11-13/h2-9,11,20H,10,12H2,1H3,(H,18,19). The molecular formula is C16H18N2O3. The molecule has 0 saturated carbocycles. The van der Waals surface area contributed by atoms with E-state index in [1.165, 1.54) is 0 Å². The van der Waals surface area contributed by atoms with E-state index in [0.717, 1.165) is 5.56 Å². The van der Waals surface area contributed by atoms with Gasteiger partial charge in [-0.2, -0.15) is 0 Å². The molecule has 0 aliphatic heterocycles. The van der Waals surface area contributed by atoms with Crippen molar-refractivity contribution in [1.82, 2.24) is 10.5 Å². The van der Waals surface area contributed by atoms with Crippen molar-refractivity contribution in [3.05, 3.63) is 66.0 Å². The maximum Gasteiger partial charge on any atom is 0.246 e. The Balaban J connectivity index is 1.82. The Kier molecular flexibility index (Phi) is 5.03. The summed E-state index contributed by atoms with van der Waals surface area (Å²) in [5, 5.41) is 10.3. The van der Waals surface area contributed by atoms with Gasteiger partial charge in [-0.25, -0.2) is 5.48 Å². The Labute approximate surface area is 123 Å². The van der Waals surface area contributed by atoms with Crippen LogP contribution in [0.25, 0.3) is 0 Å². The number of carbonyl (C=O) groups excluding carboxylic acids is 1. The normalized spacial score (nSPS) is 13.4. The second kappa shape index (κ2) is 6.97. The smallest absolute Gasteiger partial charge is 0.246 e. The fourth-order valence-electron chi connectivity index (χ4n) is 1.93. The lowest BCUT2D eigenvalue weighted by Crippen LogP contribution is -2.32. The molecule has 5 heteroatoms. The van der Waals surface area contributed by atoms with Gasteiger partial charge in [0.2, 0.25) is 5.91 Å². The summed E-state index contributed by atoms with van der Waals surface area (Å²) in [7, 11) is 0. The highest BCUT2D eigenvalue weighted by Crippen LogP contribution is 2.23. The minimum atomic E-state index is -1.23. The van der Waals surface area contributed by atoms with Crippen molar-refractivity contribution in [2.75, 3.05) is 0 Å². The minimum absolute atomic E-state index is 0.0793. The van der Waals surface area contributed by atoms with Gasteiger partial charge in [0.15, 0.2) is 0 Å². The Morgan fingerprint density at radius 2 is 2.05 bits per heavy atom. The fourth-order valence-corrected chi connectivity index (χ4v) is 1.93. The van der Waals surface area contributed by atoms with Gasteiger partial charge in [-0.1, -0.05) is 36.4 Å². The molecule has 5 nitrogen and oxygen atoms in total. The number of benzene rings is 1. The van der Waals surface area contributed by atoms with Crippen LogP contribution in [0, 0.1) is 0 Å². The van der Waals surface area contributed by atoms with Crippen LogP contribution in [0.4, 0.5) is 0 Å². The monoisotopic (exact) mass is 286 g/mol. The van der Waals surface area contributed by atoms with Gasteiger partial charge in [-0.05, 0) is 24.1 Å². The van der Waals surface area contributed by atoms with Gasteiger partial charge in [0, 0.05) is 12.4 Å². The lowest BCUT2D eigenvalue weighted by atomic mass is 9.92. The third kappa shape index (κ3) is 4.66. The zero-order valence-electron chi connectivity index (χ0n) is 11.8. The second-order valence-corrected chi connectivity index (χ2v) is 4.99. The van der Waals surface area contributed by atoms with Gasteiger partial charge >= 0.3 is 0 Å². The summed E-state index contributed by atoms with van der Waals surface area (Å²) in [4.78, 5) is 20.9. The number of nitrogens with one attached hydrogen (secondary N) is 1. The number of nitrogens with zero attached hydrogens (tertiary/aromatic N) is 1. The fraction of sp³-hybridized carbons (Fsp3) is 0.250. The molecule has 21 heavy (non-hydrogen) atoms. The van der Waals surface area contributed by atoms with Gasteiger partial charge < -0.3 is 5.11 Å². The molecule has 1 aromatic carbocycles. The van der Waals surface area contributed by atoms with E-state index in [0.29, 0.717) is 5.56 Å². The first-order chi connectivity index (χ1) is 10.1. The maximum atomic E-state index is 11.8. The Morgan fingerprint density at radius 1 is 1.29 bits per heavy atom. The van der Waals surface area contributed by atoms with Crippen LogP contribution in [-0.2, 0) is 21.8 Å². The first kappa shape index (κ1) is 15.2. The van der Waals surface area contributed by atoms with E-state index >= 15 is 0 Å². The third-order valence-electron chi connectivity index (χ3n) is 3.05. The number of aliphatic hydroxyl groups is 1. The highest BCUT2D eigenvalue weighted by atomic mass is 16.6. The molecule has 0 aliphatic carbocycles. The summed E-state index contributed by atoms with van der Waals surface area (Å²) in [6.45, 7) is 1.83. The molecule has 1 heterocycles. The van der Waals surface area contributed by atoms with Gasteiger partial charge in [-0.3, -0.25) is 14.6 Å². The molecule has 1 atom stereocenters. The summed E-state index contributed by atoms with van der Waals surface area (Å²) in [5.41, 5.74) is 2.64. The van der Waals surface area contributed by atoms with Crippen LogP contribution < -0.4 is 5.48 Å². The molecule has 2 N–H and O–H groups in total. The number of hydrogen-bond acceptors (Lipinski definition) is 4. The molecule has 0 radical (unpaired) electrons. The summed E-state index contributed by atoms with van der Waals surface area (Å²) in [6, 6.07) is 12.7. The summed E-state index contributed by atoms with van der Waals surface area (Å²) < 4.78 is 0. The van der Waals surface area contributed by atoms with Crippen molar-refractivity contribution < 1.29 is 14.7 Å². The molecule has 1 aromatic heterocycles. The van der Waals surface area contributed by atoms with Crippen molar-refractivity contribution >= 4 is 5.91 Å². The SMILES string of the molecule is CC(O)(CC(=O)NOCc1cccnc1)c1ccccc1. The average molecular weight is 286 g/mol. The van der Waals surface area contributed by atoms with Crippen molar-refractivity contribution in [2.45, 2.75) is 25.6 Å². The average Bonchev–Trinajstić information content (AvgIpc) is 2.49. The van der Waals surface area contributed by atoms with Crippen molar-refractivity contribution in [2.24, 2.45) is 0 Å². The lowest BCUT2D eigenvalue weighted by Gasteiger charge is -2.23. The van der Waals surface area contributed by atoms with Crippen LogP contribution in [0.15, 0.2) is 54.9 Å². The zero-order valence-corrected chi connectivity index (χ0v) is 11.8. The number of rotatable bonds is 6.